The Morgan fingerprint density at radius 1 is 0.731 bits per heavy atom. The molecule has 4 fully saturated rings. The number of rotatable bonds is 34. The minimum absolute atomic E-state index is 0.0271. The smallest absolute Gasteiger partial charge is 0.306 e. The molecular weight excluding hydrogens is 831 g/mol. The zero-order valence-electron chi connectivity index (χ0n) is 44.6. The number of likely N-dealkylation sites (tertiary alicyclic amines) is 1. The molecule has 5 rings (SSSR count). The van der Waals surface area contributed by atoms with Gasteiger partial charge in [0.05, 0.1) is 19.3 Å². The fourth-order valence-corrected chi connectivity index (χ4v) is 14.1. The van der Waals surface area contributed by atoms with E-state index in [0.717, 1.165) is 87.4 Å². The van der Waals surface area contributed by atoms with Crippen LogP contribution in [0, 0.1) is 46.3 Å². The molecule has 7 heteroatoms. The van der Waals surface area contributed by atoms with E-state index in [1.807, 2.05) is 0 Å². The molecule has 1 heterocycles. The Morgan fingerprint density at radius 2 is 1.43 bits per heavy atom. The van der Waals surface area contributed by atoms with Gasteiger partial charge in [0.2, 0.25) is 0 Å². The number of esters is 2. The highest BCUT2D eigenvalue weighted by Crippen LogP contribution is 2.67. The van der Waals surface area contributed by atoms with E-state index in [1.54, 1.807) is 5.57 Å². The van der Waals surface area contributed by atoms with E-state index in [4.69, 9.17) is 18.9 Å². The summed E-state index contributed by atoms with van der Waals surface area (Å²) in [6.45, 7) is 19.8. The van der Waals surface area contributed by atoms with E-state index >= 15 is 0 Å². The monoisotopic (exact) mass is 936 g/mol. The summed E-state index contributed by atoms with van der Waals surface area (Å²) in [7, 11) is 0. The van der Waals surface area contributed by atoms with Crippen LogP contribution in [0.2, 0.25) is 0 Å². The van der Waals surface area contributed by atoms with Crippen LogP contribution in [0.5, 0.6) is 0 Å². The zero-order chi connectivity index (χ0) is 47.7. The average molecular weight is 937 g/mol. The van der Waals surface area contributed by atoms with Crippen molar-refractivity contribution in [1.29, 1.82) is 0 Å². The highest BCUT2D eigenvalue weighted by molar-refractivity contribution is 5.72. The quantitative estimate of drug-likeness (QED) is 0.0361. The zero-order valence-corrected chi connectivity index (χ0v) is 44.6. The maximum absolute atomic E-state index is 13.0. The highest BCUT2D eigenvalue weighted by Gasteiger charge is 2.59. The van der Waals surface area contributed by atoms with Crippen molar-refractivity contribution < 1.29 is 28.5 Å². The van der Waals surface area contributed by atoms with Crippen molar-refractivity contribution in [3.8, 4) is 0 Å². The number of piperidine rings is 1. The molecule has 4 aliphatic carbocycles. The van der Waals surface area contributed by atoms with Gasteiger partial charge < -0.3 is 23.8 Å². The third-order valence-corrected chi connectivity index (χ3v) is 18.0. The second kappa shape index (κ2) is 30.9. The van der Waals surface area contributed by atoms with Crippen LogP contribution in [-0.4, -0.2) is 75.1 Å². The van der Waals surface area contributed by atoms with Gasteiger partial charge >= 0.3 is 11.9 Å². The molecule has 0 radical (unpaired) electrons. The Labute approximate surface area is 412 Å². The topological polar surface area (TPSA) is 74.3 Å². The summed E-state index contributed by atoms with van der Waals surface area (Å²) < 4.78 is 24.0. The summed E-state index contributed by atoms with van der Waals surface area (Å²) in [6.07, 6.45) is 44.2. The van der Waals surface area contributed by atoms with Crippen LogP contribution in [0.25, 0.3) is 0 Å². The number of allylic oxidation sites excluding steroid dienone is 3. The van der Waals surface area contributed by atoms with Crippen molar-refractivity contribution in [2.75, 3.05) is 46.1 Å². The molecule has 0 aromatic rings. The van der Waals surface area contributed by atoms with Crippen LogP contribution in [0.1, 0.15) is 241 Å². The molecule has 7 nitrogen and oxygen atoms in total. The van der Waals surface area contributed by atoms with Crippen molar-refractivity contribution in [1.82, 2.24) is 4.90 Å². The first-order chi connectivity index (χ1) is 32.5. The maximum Gasteiger partial charge on any atom is 0.306 e. The fourth-order valence-electron chi connectivity index (χ4n) is 14.1. The second-order valence-corrected chi connectivity index (χ2v) is 23.6. The van der Waals surface area contributed by atoms with E-state index in [9.17, 15) is 9.59 Å². The van der Waals surface area contributed by atoms with Gasteiger partial charge in [-0.05, 0) is 156 Å². The number of unbranched alkanes of at least 4 members (excludes halogenated alkanes) is 12. The molecule has 2 unspecified atom stereocenters. The minimum Gasteiger partial charge on any atom is -0.463 e. The van der Waals surface area contributed by atoms with Crippen molar-refractivity contribution in [3.05, 3.63) is 23.8 Å². The lowest BCUT2D eigenvalue weighted by Crippen LogP contribution is -2.51. The first-order valence-electron chi connectivity index (χ1n) is 29.1. The molecule has 3 saturated carbocycles. The van der Waals surface area contributed by atoms with Crippen molar-refractivity contribution >= 4 is 11.9 Å². The summed E-state index contributed by atoms with van der Waals surface area (Å²) in [6, 6.07) is 0. The molecule has 0 bridgehead atoms. The van der Waals surface area contributed by atoms with Crippen LogP contribution in [0.3, 0.4) is 0 Å². The lowest BCUT2D eigenvalue weighted by atomic mass is 9.47. The molecule has 0 N–H and O–H groups in total. The van der Waals surface area contributed by atoms with Crippen LogP contribution >= 0.6 is 0 Å². The standard InChI is InChI=1S/C60H105NO6/c1-7-8-9-10-11-12-13-14-15-16-17-18-19-20-21-25-42-64-47-52(46-61-40-23-22-24-41-61)65-43-44-66-57(62)30-27-31-58(63)67-51-36-38-59(5)50(45-51)32-33-53-55-35-34-54(49(4)29-26-28-48(2)3)60(55,6)39-37-56(53)59/h14-15,32,48-49,51-56H,7-13,16-31,33-47H2,1-6H3/t49-,51+,52?,53+,54?,55+,56+,59+,60-/m1/s1. The molecule has 9 atom stereocenters. The molecule has 0 amide bonds. The molecular formula is C60H105NO6. The van der Waals surface area contributed by atoms with E-state index < -0.39 is 0 Å². The van der Waals surface area contributed by atoms with Crippen LogP contribution in [0.15, 0.2) is 23.8 Å². The van der Waals surface area contributed by atoms with Crippen molar-refractivity contribution in [2.24, 2.45) is 46.3 Å². The summed E-state index contributed by atoms with van der Waals surface area (Å²) in [5.74, 6) is 4.52. The Balaban J connectivity index is 0.905. The number of hydrogen-bond donors (Lipinski definition) is 0. The van der Waals surface area contributed by atoms with Crippen LogP contribution in [-0.2, 0) is 28.5 Å². The second-order valence-electron chi connectivity index (χ2n) is 23.6. The number of carbonyl (C=O) groups is 2. The summed E-state index contributed by atoms with van der Waals surface area (Å²) in [4.78, 5) is 28.2. The molecule has 0 aromatic heterocycles. The number of carbonyl (C=O) groups excluding carboxylic acids is 2. The van der Waals surface area contributed by atoms with Crippen LogP contribution in [0.4, 0.5) is 0 Å². The number of hydrogen-bond acceptors (Lipinski definition) is 7. The first-order valence-corrected chi connectivity index (χ1v) is 29.1. The van der Waals surface area contributed by atoms with Gasteiger partial charge in [0.25, 0.3) is 0 Å². The predicted octanol–water partition coefficient (Wildman–Crippen LogP) is 15.6. The van der Waals surface area contributed by atoms with Gasteiger partial charge in [-0.2, -0.15) is 0 Å². The fraction of sp³-hybridized carbons (Fsp3) is 0.900. The lowest BCUT2D eigenvalue weighted by molar-refractivity contribution is -0.152. The summed E-state index contributed by atoms with van der Waals surface area (Å²) in [5, 5.41) is 0. The van der Waals surface area contributed by atoms with Crippen molar-refractivity contribution in [2.45, 2.75) is 253 Å². The van der Waals surface area contributed by atoms with Gasteiger partial charge in [-0.15, -0.1) is 0 Å². The van der Waals surface area contributed by atoms with Gasteiger partial charge in [-0.1, -0.05) is 149 Å². The van der Waals surface area contributed by atoms with E-state index in [1.165, 1.54) is 154 Å². The summed E-state index contributed by atoms with van der Waals surface area (Å²) in [5.41, 5.74) is 2.30. The van der Waals surface area contributed by atoms with Gasteiger partial charge in [0.1, 0.15) is 12.7 Å². The van der Waals surface area contributed by atoms with E-state index in [-0.39, 0.29) is 49.0 Å². The Hall–Kier alpha value is -1.70. The Morgan fingerprint density at radius 3 is 2.16 bits per heavy atom. The SMILES string of the molecule is CCCCCCCCC=CCCCCCCCCOCC(CN1CCCCC1)OCCOC(=O)CCCC(=O)O[C@H]1CC[C@@]2(C)C(=CC[C@@H]3[C@@H]2CC[C@]2(C)C([C@H](C)CCCC(C)C)CC[C@@H]32)C1. The molecule has 5 aliphatic rings. The number of ether oxygens (including phenoxy) is 4. The third-order valence-electron chi connectivity index (χ3n) is 18.0. The average Bonchev–Trinajstić information content (AvgIpc) is 3.67. The molecule has 0 spiro atoms. The Bertz CT molecular complexity index is 1440. The first kappa shape index (κ1) is 56.2. The molecule has 1 saturated heterocycles. The third kappa shape index (κ3) is 18.8. The Kier molecular flexibility index (Phi) is 25.9. The van der Waals surface area contributed by atoms with Gasteiger partial charge in [-0.25, -0.2) is 0 Å². The number of fused-ring (bicyclic) bond motifs is 5. The van der Waals surface area contributed by atoms with E-state index in [0.29, 0.717) is 25.0 Å². The van der Waals surface area contributed by atoms with Gasteiger partial charge in [0, 0.05) is 32.4 Å². The number of nitrogens with zero attached hydrogens (tertiary/aromatic N) is 1. The predicted molar refractivity (Wildman–Crippen MR) is 278 cm³/mol. The molecule has 386 valence electrons. The molecule has 1 aliphatic heterocycles. The van der Waals surface area contributed by atoms with Crippen molar-refractivity contribution in [3.63, 3.8) is 0 Å². The normalized spacial score (nSPS) is 28.5. The largest absolute Gasteiger partial charge is 0.463 e. The molecule has 0 aromatic carbocycles. The van der Waals surface area contributed by atoms with Gasteiger partial charge in [-0.3, -0.25) is 9.59 Å². The summed E-state index contributed by atoms with van der Waals surface area (Å²) >= 11 is 0. The molecule has 67 heavy (non-hydrogen) atoms. The highest BCUT2D eigenvalue weighted by atomic mass is 16.6. The lowest BCUT2D eigenvalue weighted by Gasteiger charge is -2.58. The van der Waals surface area contributed by atoms with Crippen LogP contribution < -0.4 is 0 Å². The maximum atomic E-state index is 13.0. The van der Waals surface area contributed by atoms with E-state index in [2.05, 4.69) is 64.7 Å². The minimum atomic E-state index is -0.270. The van der Waals surface area contributed by atoms with Gasteiger partial charge in [0.15, 0.2) is 0 Å².